The first kappa shape index (κ1) is 9.45. The minimum absolute atomic E-state index is 0.000142. The monoisotopic (exact) mass is 205 g/mol. The first-order valence-corrected chi connectivity index (χ1v) is 4.40. The highest BCUT2D eigenvalue weighted by atomic mass is 16.4. The van der Waals surface area contributed by atoms with Crippen LogP contribution in [0.25, 0.3) is 10.9 Å². The van der Waals surface area contributed by atoms with Gasteiger partial charge in [0.1, 0.15) is 5.69 Å². The van der Waals surface area contributed by atoms with E-state index < -0.39 is 0 Å². The predicted octanol–water partition coefficient (Wildman–Crippen LogP) is 0.371. The largest absolute Gasteiger partial charge is 0.409 e. The molecule has 2 rings (SSSR count). The van der Waals surface area contributed by atoms with Crippen LogP contribution in [0.15, 0.2) is 17.4 Å². The number of oxime groups is 1. The molecule has 0 aliphatic heterocycles. The van der Waals surface area contributed by atoms with Gasteiger partial charge in [0.15, 0.2) is 5.84 Å². The molecule has 0 unspecified atom stereocenters. The van der Waals surface area contributed by atoms with Crippen molar-refractivity contribution in [3.05, 3.63) is 23.7 Å². The van der Waals surface area contributed by atoms with Crippen LogP contribution in [0, 0.1) is 6.92 Å². The van der Waals surface area contributed by atoms with Gasteiger partial charge in [-0.2, -0.15) is 5.10 Å². The summed E-state index contributed by atoms with van der Waals surface area (Å²) >= 11 is 0. The number of fused-ring (bicyclic) bond motifs is 1. The van der Waals surface area contributed by atoms with Crippen LogP contribution in [0.4, 0.5) is 0 Å². The summed E-state index contributed by atoms with van der Waals surface area (Å²) in [6.45, 7) is 1.90. The molecule has 0 aromatic carbocycles. The second-order valence-electron chi connectivity index (χ2n) is 3.28. The Kier molecular flexibility index (Phi) is 2.03. The van der Waals surface area contributed by atoms with Crippen LogP contribution in [0.1, 0.15) is 11.4 Å². The van der Waals surface area contributed by atoms with Crippen molar-refractivity contribution in [1.29, 1.82) is 0 Å². The summed E-state index contributed by atoms with van der Waals surface area (Å²) in [6, 6.07) is 1.76. The van der Waals surface area contributed by atoms with E-state index >= 15 is 0 Å². The highest BCUT2D eigenvalue weighted by Crippen LogP contribution is 2.16. The smallest absolute Gasteiger partial charge is 0.188 e. The number of nitrogens with two attached hydrogens (primary N) is 1. The SMILES string of the molecule is Cc1nn(C)c2cnc(/C(N)=N/O)cc12. The molecule has 6 heteroatoms. The van der Waals surface area contributed by atoms with Gasteiger partial charge in [-0.05, 0) is 13.0 Å². The van der Waals surface area contributed by atoms with Gasteiger partial charge in [-0.25, -0.2) is 0 Å². The number of hydrogen-bond donors (Lipinski definition) is 2. The first-order chi connectivity index (χ1) is 7.13. The summed E-state index contributed by atoms with van der Waals surface area (Å²) in [4.78, 5) is 4.08. The lowest BCUT2D eigenvalue weighted by Crippen LogP contribution is -2.14. The molecule has 2 aromatic rings. The van der Waals surface area contributed by atoms with E-state index in [1.807, 2.05) is 14.0 Å². The molecular weight excluding hydrogens is 194 g/mol. The third kappa shape index (κ3) is 1.39. The topological polar surface area (TPSA) is 89.3 Å². The minimum Gasteiger partial charge on any atom is -0.409 e. The van der Waals surface area contributed by atoms with Crippen LogP contribution < -0.4 is 5.73 Å². The average molecular weight is 205 g/mol. The normalized spacial score (nSPS) is 12.3. The molecule has 0 atom stereocenters. The molecule has 15 heavy (non-hydrogen) atoms. The maximum absolute atomic E-state index is 8.54. The van der Waals surface area contributed by atoms with Gasteiger partial charge in [0.05, 0.1) is 17.4 Å². The Bertz CT molecular complexity index is 543. The van der Waals surface area contributed by atoms with E-state index in [4.69, 9.17) is 10.9 Å². The molecule has 0 aliphatic carbocycles. The van der Waals surface area contributed by atoms with Crippen LogP contribution in [0.2, 0.25) is 0 Å². The Morgan fingerprint density at radius 2 is 2.33 bits per heavy atom. The standard InChI is InChI=1S/C9H11N5O/c1-5-6-3-7(9(10)13-15)11-4-8(6)14(2)12-5/h3-4,15H,1-2H3,(H2,10,13). The number of pyridine rings is 1. The van der Waals surface area contributed by atoms with E-state index in [9.17, 15) is 0 Å². The van der Waals surface area contributed by atoms with Gasteiger partial charge in [0.2, 0.25) is 0 Å². The average Bonchev–Trinajstić information content (AvgIpc) is 2.53. The molecular formula is C9H11N5O. The molecule has 0 spiro atoms. The van der Waals surface area contributed by atoms with Gasteiger partial charge >= 0.3 is 0 Å². The van der Waals surface area contributed by atoms with Gasteiger partial charge in [-0.1, -0.05) is 5.16 Å². The third-order valence-electron chi connectivity index (χ3n) is 2.29. The maximum atomic E-state index is 8.54. The fourth-order valence-corrected chi connectivity index (χ4v) is 1.52. The molecule has 0 amide bonds. The van der Waals surface area contributed by atoms with Crippen molar-refractivity contribution in [2.24, 2.45) is 17.9 Å². The third-order valence-corrected chi connectivity index (χ3v) is 2.29. The van der Waals surface area contributed by atoms with Crippen molar-refractivity contribution in [2.75, 3.05) is 0 Å². The van der Waals surface area contributed by atoms with Gasteiger partial charge in [0, 0.05) is 12.4 Å². The lowest BCUT2D eigenvalue weighted by molar-refractivity contribution is 0.318. The van der Waals surface area contributed by atoms with E-state index in [0.29, 0.717) is 5.69 Å². The summed E-state index contributed by atoms with van der Waals surface area (Å²) < 4.78 is 1.74. The molecule has 3 N–H and O–H groups in total. The molecule has 2 heterocycles. The van der Waals surface area contributed by atoms with E-state index in [0.717, 1.165) is 16.6 Å². The number of aryl methyl sites for hydroxylation is 2. The highest BCUT2D eigenvalue weighted by Gasteiger charge is 2.08. The molecule has 78 valence electrons. The molecule has 0 saturated carbocycles. The van der Waals surface area contributed by atoms with Crippen molar-refractivity contribution in [1.82, 2.24) is 14.8 Å². The Labute approximate surface area is 86.0 Å². The van der Waals surface area contributed by atoms with Crippen molar-refractivity contribution in [3.8, 4) is 0 Å². The second kappa shape index (κ2) is 3.23. The molecule has 0 radical (unpaired) electrons. The van der Waals surface area contributed by atoms with E-state index in [2.05, 4.69) is 15.2 Å². The second-order valence-corrected chi connectivity index (χ2v) is 3.28. The first-order valence-electron chi connectivity index (χ1n) is 4.40. The number of nitrogens with zero attached hydrogens (tertiary/aromatic N) is 4. The molecule has 6 nitrogen and oxygen atoms in total. The van der Waals surface area contributed by atoms with Crippen LogP contribution in [-0.2, 0) is 7.05 Å². The van der Waals surface area contributed by atoms with Crippen molar-refractivity contribution in [3.63, 3.8) is 0 Å². The fraction of sp³-hybridized carbons (Fsp3) is 0.222. The molecule has 0 aliphatic rings. The van der Waals surface area contributed by atoms with E-state index in [1.165, 1.54) is 0 Å². The van der Waals surface area contributed by atoms with Gasteiger partial charge in [-0.15, -0.1) is 0 Å². The summed E-state index contributed by atoms with van der Waals surface area (Å²) in [5.41, 5.74) is 7.71. The number of amidine groups is 1. The van der Waals surface area contributed by atoms with Crippen molar-refractivity contribution < 1.29 is 5.21 Å². The highest BCUT2D eigenvalue weighted by molar-refractivity contribution is 5.98. The minimum atomic E-state index is 0.000142. The maximum Gasteiger partial charge on any atom is 0.188 e. The summed E-state index contributed by atoms with van der Waals surface area (Å²) in [7, 11) is 1.85. The summed E-state index contributed by atoms with van der Waals surface area (Å²) in [5.74, 6) is 0.000142. The van der Waals surface area contributed by atoms with Crippen LogP contribution in [0.3, 0.4) is 0 Å². The van der Waals surface area contributed by atoms with E-state index in [1.54, 1.807) is 16.9 Å². The number of rotatable bonds is 1. The predicted molar refractivity (Wildman–Crippen MR) is 55.8 cm³/mol. The molecule has 0 bridgehead atoms. The van der Waals surface area contributed by atoms with Crippen LogP contribution in [-0.4, -0.2) is 25.8 Å². The molecule has 0 saturated heterocycles. The Morgan fingerprint density at radius 3 is 3.00 bits per heavy atom. The quantitative estimate of drug-likeness (QED) is 0.304. The lowest BCUT2D eigenvalue weighted by Gasteiger charge is -1.98. The van der Waals surface area contributed by atoms with Crippen LogP contribution >= 0.6 is 0 Å². The zero-order valence-corrected chi connectivity index (χ0v) is 8.47. The zero-order chi connectivity index (χ0) is 11.0. The van der Waals surface area contributed by atoms with Gasteiger partial charge in [-0.3, -0.25) is 9.67 Å². The Morgan fingerprint density at radius 1 is 1.60 bits per heavy atom. The van der Waals surface area contributed by atoms with Gasteiger partial charge in [0.25, 0.3) is 0 Å². The number of aromatic nitrogens is 3. The van der Waals surface area contributed by atoms with E-state index in [-0.39, 0.29) is 5.84 Å². The fourth-order valence-electron chi connectivity index (χ4n) is 1.52. The van der Waals surface area contributed by atoms with Crippen LogP contribution in [0.5, 0.6) is 0 Å². The van der Waals surface area contributed by atoms with Gasteiger partial charge < -0.3 is 10.9 Å². The lowest BCUT2D eigenvalue weighted by atomic mass is 10.2. The zero-order valence-electron chi connectivity index (χ0n) is 8.47. The summed E-state index contributed by atoms with van der Waals surface area (Å²) in [5, 5.41) is 16.6. The molecule has 2 aromatic heterocycles. The van der Waals surface area contributed by atoms with Crippen molar-refractivity contribution >= 4 is 16.7 Å². The number of hydrogen-bond acceptors (Lipinski definition) is 4. The molecule has 0 fully saturated rings. The van der Waals surface area contributed by atoms with Crippen molar-refractivity contribution in [2.45, 2.75) is 6.92 Å². The Hall–Kier alpha value is -2.11. The summed E-state index contributed by atoms with van der Waals surface area (Å²) in [6.07, 6.45) is 1.66. The Balaban J connectivity index is 2.70.